The van der Waals surface area contributed by atoms with Crippen LogP contribution in [-0.4, -0.2) is 31.8 Å². The molecule has 0 radical (unpaired) electrons. The second-order valence-corrected chi connectivity index (χ2v) is 3.97. The lowest BCUT2D eigenvalue weighted by Gasteiger charge is -2.17. The molecule has 4 heteroatoms. The highest BCUT2D eigenvalue weighted by Gasteiger charge is 2.07. The summed E-state index contributed by atoms with van der Waals surface area (Å²) in [6, 6.07) is 6.99. The Morgan fingerprint density at radius 2 is 2.22 bits per heavy atom. The highest BCUT2D eigenvalue weighted by atomic mass is 16.5. The molecule has 18 heavy (non-hydrogen) atoms. The van der Waals surface area contributed by atoms with E-state index in [-0.39, 0.29) is 11.7 Å². The van der Waals surface area contributed by atoms with E-state index >= 15 is 0 Å². The molecule has 0 heterocycles. The van der Waals surface area contributed by atoms with Gasteiger partial charge in [-0.1, -0.05) is 19.1 Å². The van der Waals surface area contributed by atoms with Crippen molar-refractivity contribution in [3.05, 3.63) is 35.9 Å². The van der Waals surface area contributed by atoms with Gasteiger partial charge in [0, 0.05) is 30.9 Å². The Labute approximate surface area is 107 Å². The molecule has 0 atom stereocenters. The summed E-state index contributed by atoms with van der Waals surface area (Å²) in [5.41, 5.74) is 1.55. The number of methoxy groups -OCH3 is 1. The number of nitrogens with zero attached hydrogens (tertiary/aromatic N) is 1. The van der Waals surface area contributed by atoms with Crippen LogP contribution in [0.1, 0.15) is 13.3 Å². The topological polar surface area (TPSA) is 49.8 Å². The Bertz CT molecular complexity index is 440. The van der Waals surface area contributed by atoms with Gasteiger partial charge in [0.2, 0.25) is 0 Å². The average Bonchev–Trinajstić information content (AvgIpc) is 2.38. The van der Waals surface area contributed by atoms with Crippen molar-refractivity contribution in [1.82, 2.24) is 0 Å². The van der Waals surface area contributed by atoms with Crippen molar-refractivity contribution in [2.75, 3.05) is 25.6 Å². The normalized spacial score (nSPS) is 11.2. The van der Waals surface area contributed by atoms with Crippen LogP contribution in [0, 0.1) is 0 Å². The molecule has 0 aliphatic rings. The van der Waals surface area contributed by atoms with Gasteiger partial charge in [0.25, 0.3) is 0 Å². The molecule has 0 unspecified atom stereocenters. The van der Waals surface area contributed by atoms with Crippen molar-refractivity contribution < 1.29 is 14.6 Å². The molecule has 0 saturated carbocycles. The van der Waals surface area contributed by atoms with Crippen LogP contribution in [0.3, 0.4) is 0 Å². The van der Waals surface area contributed by atoms with Crippen LogP contribution >= 0.6 is 0 Å². The van der Waals surface area contributed by atoms with Gasteiger partial charge in [0.05, 0.1) is 7.11 Å². The SMILES string of the molecule is CC/C(=C/CN(C)c1cccc(O)c1)C(=O)OC. The van der Waals surface area contributed by atoms with Gasteiger partial charge in [-0.05, 0) is 18.6 Å². The highest BCUT2D eigenvalue weighted by molar-refractivity contribution is 5.88. The van der Waals surface area contributed by atoms with Crippen LogP contribution in [-0.2, 0) is 9.53 Å². The Hall–Kier alpha value is -1.97. The number of benzene rings is 1. The zero-order valence-corrected chi connectivity index (χ0v) is 11.0. The average molecular weight is 249 g/mol. The van der Waals surface area contributed by atoms with Gasteiger partial charge in [-0.25, -0.2) is 4.79 Å². The van der Waals surface area contributed by atoms with E-state index in [0.29, 0.717) is 18.5 Å². The first-order valence-corrected chi connectivity index (χ1v) is 5.86. The minimum Gasteiger partial charge on any atom is -0.508 e. The first-order valence-electron chi connectivity index (χ1n) is 5.86. The Balaban J connectivity index is 2.73. The van der Waals surface area contributed by atoms with Crippen LogP contribution in [0.25, 0.3) is 0 Å². The van der Waals surface area contributed by atoms with Gasteiger partial charge in [-0.3, -0.25) is 0 Å². The number of phenolic OH excluding ortho intramolecular Hbond substituents is 1. The number of esters is 1. The van der Waals surface area contributed by atoms with Crippen molar-refractivity contribution in [3.63, 3.8) is 0 Å². The van der Waals surface area contributed by atoms with Gasteiger partial charge in [0.1, 0.15) is 5.75 Å². The van der Waals surface area contributed by atoms with Gasteiger partial charge >= 0.3 is 5.97 Å². The molecule has 0 amide bonds. The summed E-state index contributed by atoms with van der Waals surface area (Å²) in [7, 11) is 3.28. The minimum absolute atomic E-state index is 0.229. The van der Waals surface area contributed by atoms with Gasteiger partial charge in [0.15, 0.2) is 0 Å². The van der Waals surface area contributed by atoms with Crippen molar-refractivity contribution in [1.29, 1.82) is 0 Å². The third-order valence-corrected chi connectivity index (χ3v) is 2.71. The number of hydrogen-bond acceptors (Lipinski definition) is 4. The standard InChI is InChI=1S/C14H19NO3/c1-4-11(14(17)18-3)8-9-15(2)12-6-5-7-13(16)10-12/h5-8,10,16H,4,9H2,1-3H3/b11-8-. The van der Waals surface area contributed by atoms with E-state index in [1.165, 1.54) is 7.11 Å². The molecule has 4 nitrogen and oxygen atoms in total. The third-order valence-electron chi connectivity index (χ3n) is 2.71. The quantitative estimate of drug-likeness (QED) is 0.643. The number of carbonyl (C=O) groups is 1. The summed E-state index contributed by atoms with van der Waals surface area (Å²) < 4.78 is 4.69. The molecular formula is C14H19NO3. The summed E-state index contributed by atoms with van der Waals surface area (Å²) in [4.78, 5) is 13.3. The van der Waals surface area contributed by atoms with E-state index in [2.05, 4.69) is 0 Å². The molecule has 1 aromatic rings. The number of hydrogen-bond donors (Lipinski definition) is 1. The Morgan fingerprint density at radius 3 is 2.78 bits per heavy atom. The number of ether oxygens (including phenoxy) is 1. The van der Waals surface area contributed by atoms with Crippen LogP contribution in [0.2, 0.25) is 0 Å². The van der Waals surface area contributed by atoms with E-state index in [1.807, 2.05) is 31.0 Å². The summed E-state index contributed by atoms with van der Waals surface area (Å²) in [6.45, 7) is 2.50. The Kier molecular flexibility index (Phi) is 5.24. The smallest absolute Gasteiger partial charge is 0.333 e. The molecule has 1 aromatic carbocycles. The first-order chi connectivity index (χ1) is 8.58. The summed E-state index contributed by atoms with van der Waals surface area (Å²) in [5.74, 6) is -0.0613. The maximum Gasteiger partial charge on any atom is 0.333 e. The van der Waals surface area contributed by atoms with Crippen LogP contribution in [0.5, 0.6) is 5.75 Å². The van der Waals surface area contributed by atoms with E-state index in [1.54, 1.807) is 18.2 Å². The molecule has 1 rings (SSSR count). The molecule has 0 aromatic heterocycles. The number of rotatable bonds is 5. The van der Waals surface area contributed by atoms with Crippen molar-refractivity contribution in [3.8, 4) is 5.75 Å². The van der Waals surface area contributed by atoms with Gasteiger partial charge < -0.3 is 14.7 Å². The zero-order valence-electron chi connectivity index (χ0n) is 11.0. The monoisotopic (exact) mass is 249 g/mol. The predicted octanol–water partition coefficient (Wildman–Crippen LogP) is 2.34. The van der Waals surface area contributed by atoms with Gasteiger partial charge in [-0.15, -0.1) is 0 Å². The fourth-order valence-electron chi connectivity index (χ4n) is 1.59. The second kappa shape index (κ2) is 6.69. The fourth-order valence-corrected chi connectivity index (χ4v) is 1.59. The number of likely N-dealkylation sites (N-methyl/N-ethyl adjacent to an activating group) is 1. The summed E-state index contributed by atoms with van der Waals surface area (Å²) in [5, 5.41) is 9.40. The van der Waals surface area contributed by atoms with E-state index in [9.17, 15) is 9.90 Å². The highest BCUT2D eigenvalue weighted by Crippen LogP contribution is 2.18. The molecule has 0 aliphatic carbocycles. The maximum absolute atomic E-state index is 11.4. The summed E-state index contributed by atoms with van der Waals surface area (Å²) >= 11 is 0. The lowest BCUT2D eigenvalue weighted by Crippen LogP contribution is -2.18. The lowest BCUT2D eigenvalue weighted by atomic mass is 10.2. The molecule has 98 valence electrons. The minimum atomic E-state index is -0.290. The number of carbonyl (C=O) groups excluding carboxylic acids is 1. The van der Waals surface area contributed by atoms with Crippen molar-refractivity contribution >= 4 is 11.7 Å². The number of aromatic hydroxyl groups is 1. The first kappa shape index (κ1) is 14.1. The molecule has 0 fully saturated rings. The largest absolute Gasteiger partial charge is 0.508 e. The second-order valence-electron chi connectivity index (χ2n) is 3.97. The zero-order chi connectivity index (χ0) is 13.5. The fraction of sp³-hybridized carbons (Fsp3) is 0.357. The molecule has 0 aliphatic heterocycles. The van der Waals surface area contributed by atoms with E-state index < -0.39 is 0 Å². The predicted molar refractivity (Wildman–Crippen MR) is 71.8 cm³/mol. The molecule has 0 saturated heterocycles. The maximum atomic E-state index is 11.4. The van der Waals surface area contributed by atoms with Crippen molar-refractivity contribution in [2.45, 2.75) is 13.3 Å². The van der Waals surface area contributed by atoms with E-state index in [0.717, 1.165) is 5.69 Å². The summed E-state index contributed by atoms with van der Waals surface area (Å²) in [6.07, 6.45) is 2.48. The third kappa shape index (κ3) is 3.80. The van der Waals surface area contributed by atoms with Crippen LogP contribution in [0.15, 0.2) is 35.9 Å². The molecule has 0 bridgehead atoms. The molecule has 1 N–H and O–H groups in total. The Morgan fingerprint density at radius 1 is 1.50 bits per heavy atom. The van der Waals surface area contributed by atoms with Crippen LogP contribution in [0.4, 0.5) is 5.69 Å². The van der Waals surface area contributed by atoms with Gasteiger partial charge in [-0.2, -0.15) is 0 Å². The van der Waals surface area contributed by atoms with Crippen molar-refractivity contribution in [2.24, 2.45) is 0 Å². The molecular weight excluding hydrogens is 230 g/mol. The number of anilines is 1. The lowest BCUT2D eigenvalue weighted by molar-refractivity contribution is -0.136. The number of phenols is 1. The molecule has 0 spiro atoms. The van der Waals surface area contributed by atoms with Crippen LogP contribution < -0.4 is 4.90 Å². The van der Waals surface area contributed by atoms with E-state index in [4.69, 9.17) is 4.74 Å².